The molecule has 5 rings (SSSR count). The van der Waals surface area contributed by atoms with Gasteiger partial charge < -0.3 is 14.6 Å². The maximum Gasteiger partial charge on any atom is 0.291 e. The summed E-state index contributed by atoms with van der Waals surface area (Å²) in [7, 11) is 0. The zero-order valence-electron chi connectivity index (χ0n) is 20.9. The monoisotopic (exact) mass is 517 g/mol. The van der Waals surface area contributed by atoms with Crippen LogP contribution in [0.3, 0.4) is 0 Å². The van der Waals surface area contributed by atoms with Crippen LogP contribution in [0.4, 0.5) is 10.7 Å². The molecule has 1 aliphatic heterocycles. The predicted octanol–water partition coefficient (Wildman–Crippen LogP) is 6.84. The molecule has 7 heteroatoms. The van der Waals surface area contributed by atoms with Crippen LogP contribution < -0.4 is 10.2 Å². The molecule has 0 spiro atoms. The van der Waals surface area contributed by atoms with Gasteiger partial charge in [0, 0.05) is 47.2 Å². The number of piperazine rings is 1. The highest BCUT2D eigenvalue weighted by Gasteiger charge is 2.32. The first-order chi connectivity index (χ1) is 17.5. The van der Waals surface area contributed by atoms with E-state index in [9.17, 15) is 4.79 Å². The van der Waals surface area contributed by atoms with Gasteiger partial charge in [-0.15, -0.1) is 23.1 Å². The van der Waals surface area contributed by atoms with Crippen molar-refractivity contribution in [3.05, 3.63) is 100 Å². The van der Waals surface area contributed by atoms with Crippen LogP contribution in [0.25, 0.3) is 0 Å². The normalized spacial score (nSPS) is 15.1. The van der Waals surface area contributed by atoms with Gasteiger partial charge in [-0.25, -0.2) is 0 Å². The van der Waals surface area contributed by atoms with E-state index < -0.39 is 0 Å². The van der Waals surface area contributed by atoms with Gasteiger partial charge in [-0.05, 0) is 67.6 Å². The van der Waals surface area contributed by atoms with E-state index in [-0.39, 0.29) is 11.9 Å². The van der Waals surface area contributed by atoms with Crippen LogP contribution in [0.5, 0.6) is 0 Å². The SMILES string of the molecule is CSc1ccc([C@H](c2c(NC(=O)c3ccco3)sc(C)c2C)N2CCN(c3ccccc3)CC2)cc1. The number of para-hydroxylation sites is 1. The molecule has 1 fully saturated rings. The average molecular weight is 518 g/mol. The van der Waals surface area contributed by atoms with Gasteiger partial charge >= 0.3 is 0 Å². The van der Waals surface area contributed by atoms with Crippen molar-refractivity contribution < 1.29 is 9.21 Å². The second kappa shape index (κ2) is 10.9. The van der Waals surface area contributed by atoms with Crippen LogP contribution in [0.1, 0.15) is 38.2 Å². The minimum atomic E-state index is -0.215. The summed E-state index contributed by atoms with van der Waals surface area (Å²) in [5.74, 6) is 0.106. The molecule has 1 saturated heterocycles. The fourth-order valence-corrected chi connectivity index (χ4v) is 6.36. The molecule has 1 N–H and O–H groups in total. The smallest absolute Gasteiger partial charge is 0.291 e. The molecular formula is C29H31N3O2S2. The third kappa shape index (κ3) is 5.09. The number of thioether (sulfide) groups is 1. The maximum atomic E-state index is 12.9. The van der Waals surface area contributed by atoms with Crippen molar-refractivity contribution in [2.75, 3.05) is 42.7 Å². The summed E-state index contributed by atoms with van der Waals surface area (Å²) in [5, 5.41) is 4.06. The zero-order valence-corrected chi connectivity index (χ0v) is 22.5. The number of furan rings is 1. The summed E-state index contributed by atoms with van der Waals surface area (Å²) in [6.45, 7) is 8.09. The second-order valence-electron chi connectivity index (χ2n) is 8.99. The topological polar surface area (TPSA) is 48.7 Å². The maximum absolute atomic E-state index is 12.9. The van der Waals surface area contributed by atoms with Crippen LogP contribution in [-0.2, 0) is 0 Å². The Bertz CT molecular complexity index is 1290. The van der Waals surface area contributed by atoms with E-state index in [1.54, 1.807) is 35.2 Å². The Labute approximate surface area is 221 Å². The lowest BCUT2D eigenvalue weighted by Crippen LogP contribution is -2.48. The first kappa shape index (κ1) is 24.7. The lowest BCUT2D eigenvalue weighted by atomic mass is 9.94. The van der Waals surface area contributed by atoms with Gasteiger partial charge in [0.15, 0.2) is 5.76 Å². The molecule has 186 valence electrons. The number of rotatable bonds is 7. The van der Waals surface area contributed by atoms with E-state index in [1.807, 2.05) is 0 Å². The van der Waals surface area contributed by atoms with Crippen LogP contribution in [0.15, 0.2) is 82.3 Å². The molecule has 0 aliphatic carbocycles. The molecule has 4 aromatic rings. The summed E-state index contributed by atoms with van der Waals surface area (Å²) in [5.41, 5.74) is 4.93. The molecule has 5 nitrogen and oxygen atoms in total. The largest absolute Gasteiger partial charge is 0.459 e. The molecule has 1 amide bonds. The predicted molar refractivity (Wildman–Crippen MR) is 151 cm³/mol. The molecule has 0 unspecified atom stereocenters. The van der Waals surface area contributed by atoms with Crippen LogP contribution in [0.2, 0.25) is 0 Å². The second-order valence-corrected chi connectivity index (χ2v) is 11.1. The fourth-order valence-electron chi connectivity index (χ4n) is 4.86. The van der Waals surface area contributed by atoms with Crippen LogP contribution in [-0.4, -0.2) is 43.2 Å². The Morgan fingerprint density at radius 3 is 2.33 bits per heavy atom. The van der Waals surface area contributed by atoms with E-state index in [2.05, 4.69) is 89.8 Å². The van der Waals surface area contributed by atoms with E-state index in [1.165, 1.54) is 38.4 Å². The van der Waals surface area contributed by atoms with Crippen molar-refractivity contribution in [3.63, 3.8) is 0 Å². The number of nitrogens with zero attached hydrogens (tertiary/aromatic N) is 2. The van der Waals surface area contributed by atoms with Crippen molar-refractivity contribution in [3.8, 4) is 0 Å². The van der Waals surface area contributed by atoms with Crippen molar-refractivity contribution in [1.82, 2.24) is 4.90 Å². The molecule has 0 saturated carbocycles. The quantitative estimate of drug-likeness (QED) is 0.272. The van der Waals surface area contributed by atoms with Crippen LogP contribution >= 0.6 is 23.1 Å². The molecule has 1 atom stereocenters. The number of carbonyl (C=O) groups excluding carboxylic acids is 1. The number of benzene rings is 2. The lowest BCUT2D eigenvalue weighted by Gasteiger charge is -2.41. The van der Waals surface area contributed by atoms with Gasteiger partial charge in [-0.1, -0.05) is 30.3 Å². The summed E-state index contributed by atoms with van der Waals surface area (Å²) in [6, 6.07) is 23.0. The van der Waals surface area contributed by atoms with Crippen molar-refractivity contribution in [1.29, 1.82) is 0 Å². The Morgan fingerprint density at radius 2 is 1.69 bits per heavy atom. The number of aryl methyl sites for hydroxylation is 1. The minimum Gasteiger partial charge on any atom is -0.459 e. The van der Waals surface area contributed by atoms with E-state index in [4.69, 9.17) is 4.42 Å². The van der Waals surface area contributed by atoms with Crippen molar-refractivity contribution in [2.45, 2.75) is 24.8 Å². The Hall–Kier alpha value is -3.00. The van der Waals surface area contributed by atoms with Crippen molar-refractivity contribution >= 4 is 39.7 Å². The van der Waals surface area contributed by atoms with E-state index in [0.717, 1.165) is 31.2 Å². The van der Waals surface area contributed by atoms with Gasteiger partial charge in [0.2, 0.25) is 0 Å². The van der Waals surface area contributed by atoms with Gasteiger partial charge in [0.1, 0.15) is 5.00 Å². The highest BCUT2D eigenvalue weighted by Crippen LogP contribution is 2.43. The number of nitrogens with one attached hydrogen (secondary N) is 1. The average Bonchev–Trinajstić information content (AvgIpc) is 3.55. The molecule has 0 bridgehead atoms. The zero-order chi connectivity index (χ0) is 25.1. The van der Waals surface area contributed by atoms with Crippen LogP contribution in [0, 0.1) is 13.8 Å². The van der Waals surface area contributed by atoms with Gasteiger partial charge in [0.05, 0.1) is 12.3 Å². The van der Waals surface area contributed by atoms with E-state index in [0.29, 0.717) is 5.76 Å². The molecule has 36 heavy (non-hydrogen) atoms. The molecule has 2 aromatic heterocycles. The number of amides is 1. The Balaban J connectivity index is 1.49. The van der Waals surface area contributed by atoms with Gasteiger partial charge in [-0.3, -0.25) is 9.69 Å². The Kier molecular flexibility index (Phi) is 7.51. The standard InChI is InChI=1S/C29H31N3O2S2/c1-20-21(2)36-29(30-28(33)25-10-7-19-34-25)26(20)27(22-11-13-24(35-3)14-12-22)32-17-15-31(16-18-32)23-8-5-4-6-9-23/h4-14,19,27H,15-18H2,1-3H3,(H,30,33)/t27-/m1/s1. The number of thiophene rings is 1. The molecule has 3 heterocycles. The fraction of sp³-hybridized carbons (Fsp3) is 0.276. The Morgan fingerprint density at radius 1 is 0.972 bits per heavy atom. The van der Waals surface area contributed by atoms with Crippen molar-refractivity contribution in [2.24, 2.45) is 0 Å². The molecule has 1 aliphatic rings. The highest BCUT2D eigenvalue weighted by molar-refractivity contribution is 7.98. The highest BCUT2D eigenvalue weighted by atomic mass is 32.2. The molecule has 0 radical (unpaired) electrons. The minimum absolute atomic E-state index is 0.0516. The number of anilines is 2. The summed E-state index contributed by atoms with van der Waals surface area (Å²) in [4.78, 5) is 20.4. The summed E-state index contributed by atoms with van der Waals surface area (Å²) >= 11 is 3.39. The molecular weight excluding hydrogens is 486 g/mol. The lowest BCUT2D eigenvalue weighted by molar-refractivity contribution is 0.0996. The number of hydrogen-bond donors (Lipinski definition) is 1. The van der Waals surface area contributed by atoms with Gasteiger partial charge in [-0.2, -0.15) is 0 Å². The third-order valence-corrected chi connectivity index (χ3v) is 8.79. The molecule has 2 aromatic carbocycles. The number of hydrogen-bond acceptors (Lipinski definition) is 6. The van der Waals surface area contributed by atoms with Gasteiger partial charge in [0.25, 0.3) is 5.91 Å². The number of carbonyl (C=O) groups is 1. The first-order valence-corrected chi connectivity index (χ1v) is 14.2. The summed E-state index contributed by atoms with van der Waals surface area (Å²) < 4.78 is 5.36. The first-order valence-electron chi connectivity index (χ1n) is 12.2. The third-order valence-electron chi connectivity index (χ3n) is 6.91. The van der Waals surface area contributed by atoms with E-state index >= 15 is 0 Å². The summed E-state index contributed by atoms with van der Waals surface area (Å²) in [6.07, 6.45) is 3.63.